The molecule has 15 nitrogen and oxygen atoms in total. The average molecular weight is 863 g/mol. The van der Waals surface area contributed by atoms with Crippen LogP contribution in [0, 0.1) is 34.5 Å². The normalized spacial score (nSPS) is 38.8. The van der Waals surface area contributed by atoms with Crippen LogP contribution in [0.2, 0.25) is 0 Å². The maximum Gasteiger partial charge on any atom is 0.306 e. The van der Waals surface area contributed by atoms with Crippen LogP contribution in [0.15, 0.2) is 12.2 Å². The summed E-state index contributed by atoms with van der Waals surface area (Å²) in [5.74, 6) is -2.42. The molecule has 4 aliphatic rings. The summed E-state index contributed by atoms with van der Waals surface area (Å²) in [6, 6.07) is 0. The van der Waals surface area contributed by atoms with E-state index in [4.69, 9.17) is 22.6 Å². The molecule has 4 rings (SSSR count). The summed E-state index contributed by atoms with van der Waals surface area (Å²) in [6.07, 6.45) is -0.638. The molecule has 0 aromatic carbocycles. The molecule has 1 spiro atoms. The monoisotopic (exact) mass is 862 g/mol. The second kappa shape index (κ2) is 19.3. The number of halogens is 1. The minimum Gasteiger partial charge on any atom is -0.691 e. The van der Waals surface area contributed by atoms with Gasteiger partial charge in [-0.2, -0.15) is 0 Å². The molecule has 288 valence electrons. The molecule has 0 bridgehead atoms. The number of aliphatic hydroxyl groups excluding tert-OH is 1. The molecule has 3 aliphatic carbocycles. The van der Waals surface area contributed by atoms with E-state index in [1.807, 2.05) is 13.8 Å². The van der Waals surface area contributed by atoms with Gasteiger partial charge in [0, 0.05) is 16.3 Å². The number of esters is 1. The lowest BCUT2D eigenvalue weighted by Gasteiger charge is -2.62. The van der Waals surface area contributed by atoms with E-state index in [2.05, 4.69) is 61.8 Å². The molecule has 0 aromatic heterocycles. The van der Waals surface area contributed by atoms with Gasteiger partial charge >= 0.3 is 11.9 Å². The molecule has 0 radical (unpaired) electrons. The number of fused-ring (bicyclic) bond motifs is 1. The summed E-state index contributed by atoms with van der Waals surface area (Å²) in [6.45, 7) is 12.1. The lowest BCUT2D eigenvalue weighted by atomic mass is 9.44. The number of alkyl halides is 1. The summed E-state index contributed by atoms with van der Waals surface area (Å²) in [5.41, 5.74) is -0.0891. The fourth-order valence-electron chi connectivity index (χ4n) is 9.25. The van der Waals surface area contributed by atoms with Gasteiger partial charge in [-0.15, -0.1) is 8.67 Å². The maximum absolute atomic E-state index is 13.1. The fourth-order valence-corrected chi connectivity index (χ4v) is 10.7. The molecule has 2 N–H and O–H groups in total. The van der Waals surface area contributed by atoms with Crippen molar-refractivity contribution in [2.24, 2.45) is 34.5 Å². The predicted molar refractivity (Wildman–Crippen MR) is 182 cm³/mol. The van der Waals surface area contributed by atoms with E-state index in [9.17, 15) is 30.3 Å². The van der Waals surface area contributed by atoms with E-state index >= 15 is 0 Å². The van der Waals surface area contributed by atoms with Gasteiger partial charge in [0.05, 0.1) is 18.1 Å². The summed E-state index contributed by atoms with van der Waals surface area (Å²) < 4.78 is 39.3. The lowest BCUT2D eigenvalue weighted by Crippen LogP contribution is -2.63. The molecule has 4 fully saturated rings. The highest BCUT2D eigenvalue weighted by molar-refractivity contribution is 14.1. The molecule has 1 heterocycles. The summed E-state index contributed by atoms with van der Waals surface area (Å²) >= 11 is 2.44. The van der Waals surface area contributed by atoms with Crippen LogP contribution in [0.3, 0.4) is 0 Å². The molecular weight excluding hydrogens is 813 g/mol. The topological polar surface area (TPSA) is 204 Å². The van der Waals surface area contributed by atoms with Gasteiger partial charge in [-0.05, 0) is 73.7 Å². The zero-order chi connectivity index (χ0) is 36.6. The highest BCUT2D eigenvalue weighted by Gasteiger charge is 2.64. The standard InChI is InChI=1S/C32H51IO15S2/c1-6-7-8-23-31(5)15-19(14-20(29(36)37)21(31)10-12-32(23)11-9-18(4)28(32)35)40-30-27(42-24(34)13-17(2)3)26(44-50-48-46-39)25(22(16-33)41-30)43-49-47-45-38/h17,19-23,25-28,30,35,38-39H,4,6-16H2,1-3,5H3,(H,36,37)/p-2/t19?,20?,21?,22-,23?,25-,26-,27?,28+,30-,31?,32?/m1/s1/i33-2. The van der Waals surface area contributed by atoms with Gasteiger partial charge in [-0.25, -0.2) is 0 Å². The second-order valence-electron chi connectivity index (χ2n) is 14.6. The number of hydrogen-bond donors (Lipinski definition) is 2. The first kappa shape index (κ1) is 42.4. The Labute approximate surface area is 315 Å². The molecule has 7 unspecified atom stereocenters. The Hall–Kier alpha value is -0.330. The highest BCUT2D eigenvalue weighted by Crippen LogP contribution is 2.67. The number of carbonyl (C=O) groups excluding carboxylic acids is 1. The lowest BCUT2D eigenvalue weighted by molar-refractivity contribution is -0.778. The molecule has 0 aromatic rings. The molecule has 50 heavy (non-hydrogen) atoms. The van der Waals surface area contributed by atoms with Crippen LogP contribution in [0.4, 0.5) is 0 Å². The van der Waals surface area contributed by atoms with Crippen LogP contribution < -0.4 is 10.5 Å². The van der Waals surface area contributed by atoms with Crippen molar-refractivity contribution < 1.29 is 71.6 Å². The Morgan fingerprint density at radius 3 is 2.36 bits per heavy atom. The van der Waals surface area contributed by atoms with Crippen LogP contribution in [-0.4, -0.2) is 69.5 Å². The molecule has 18 heteroatoms. The Kier molecular flexibility index (Phi) is 16.4. The Morgan fingerprint density at radius 1 is 1.12 bits per heavy atom. The van der Waals surface area contributed by atoms with Crippen LogP contribution in [-0.2, 0) is 50.9 Å². The van der Waals surface area contributed by atoms with E-state index in [1.54, 1.807) is 0 Å². The van der Waals surface area contributed by atoms with Crippen LogP contribution in [0.1, 0.15) is 91.9 Å². The first-order chi connectivity index (χ1) is 23.9. The number of carbonyl (C=O) groups is 2. The van der Waals surface area contributed by atoms with Crippen LogP contribution in [0.5, 0.6) is 0 Å². The van der Waals surface area contributed by atoms with Crippen molar-refractivity contribution in [3.05, 3.63) is 12.2 Å². The largest absolute Gasteiger partial charge is 0.691 e. The zero-order valence-corrected chi connectivity index (χ0v) is 32.5. The van der Waals surface area contributed by atoms with E-state index in [0.717, 1.165) is 44.1 Å². The number of aliphatic carboxylic acids is 1. The predicted octanol–water partition coefficient (Wildman–Crippen LogP) is 4.25. The van der Waals surface area contributed by atoms with Gasteiger partial charge in [0.1, 0.15) is 18.3 Å². The average Bonchev–Trinajstić information content (AvgIpc) is 3.34. The van der Waals surface area contributed by atoms with Crippen molar-refractivity contribution in [1.29, 1.82) is 0 Å². The fraction of sp³-hybridized carbons (Fsp3) is 0.875. The molecule has 12 atom stereocenters. The van der Waals surface area contributed by atoms with Crippen molar-refractivity contribution in [3.63, 3.8) is 0 Å². The third kappa shape index (κ3) is 9.48. The number of hydrogen-bond acceptors (Lipinski definition) is 16. The maximum atomic E-state index is 13.1. The molecule has 3 saturated carbocycles. The van der Waals surface area contributed by atoms with Crippen molar-refractivity contribution in [1.82, 2.24) is 0 Å². The Bertz CT molecular complexity index is 1140. The number of ether oxygens (including phenoxy) is 3. The minimum absolute atomic E-state index is 0.0139. The number of carboxylic acids is 1. The smallest absolute Gasteiger partial charge is 0.306 e. The minimum atomic E-state index is -1.32. The van der Waals surface area contributed by atoms with Crippen LogP contribution >= 0.6 is 47.2 Å². The zero-order valence-electron chi connectivity index (χ0n) is 28.7. The van der Waals surface area contributed by atoms with Gasteiger partial charge in [-0.3, -0.25) is 28.0 Å². The van der Waals surface area contributed by atoms with Crippen molar-refractivity contribution >= 4 is 59.2 Å². The summed E-state index contributed by atoms with van der Waals surface area (Å²) in [7, 11) is 0. The number of carboxylic acid groups (broad SMARTS) is 1. The molecule has 1 aliphatic heterocycles. The second-order valence-corrected chi connectivity index (χ2v) is 16.4. The van der Waals surface area contributed by atoms with Gasteiger partial charge in [0.25, 0.3) is 0 Å². The Balaban J connectivity index is 1.71. The van der Waals surface area contributed by atoms with E-state index in [1.165, 1.54) is 0 Å². The van der Waals surface area contributed by atoms with E-state index < -0.39 is 71.6 Å². The quantitative estimate of drug-likeness (QED) is 0.0228. The Morgan fingerprint density at radius 2 is 1.80 bits per heavy atom. The molecule has 0 amide bonds. The SMILES string of the molecule is C=C1CCC2(CCC3C(C(=O)O)CC(O[C@@H]4O[C@H](C[125I])[C@@H](OSOO[O-])[C@@H](OSOO[O-])C4OC(=O)CC(C)C)CC3(C)C2CCCC)[C@H]1O. The number of rotatable bonds is 18. The number of unbranched alkanes of at least 4 members (excludes halogenated alkanes) is 1. The van der Waals surface area contributed by atoms with Crippen LogP contribution in [0.25, 0.3) is 0 Å². The highest BCUT2D eigenvalue weighted by atomic mass is 125. The molecular formula is C32H49IO15S2-2. The molecule has 1 saturated heterocycles. The van der Waals surface area contributed by atoms with Crippen molar-refractivity contribution in [2.45, 2.75) is 135 Å². The summed E-state index contributed by atoms with van der Waals surface area (Å²) in [5, 5.41) is 50.1. The van der Waals surface area contributed by atoms with Crippen molar-refractivity contribution in [2.75, 3.05) is 4.43 Å². The van der Waals surface area contributed by atoms with Gasteiger partial charge < -0.3 is 34.9 Å². The van der Waals surface area contributed by atoms with Gasteiger partial charge in [0.2, 0.25) is 0 Å². The van der Waals surface area contributed by atoms with E-state index in [-0.39, 0.29) is 55.2 Å². The summed E-state index contributed by atoms with van der Waals surface area (Å²) in [4.78, 5) is 26.1. The third-order valence-corrected chi connectivity index (χ3v) is 13.0. The first-order valence-electron chi connectivity index (χ1n) is 17.1. The first-order valence-corrected chi connectivity index (χ1v) is 19.9. The number of aliphatic hydroxyl groups is 1. The third-order valence-electron chi connectivity index (χ3n) is 11.3. The van der Waals surface area contributed by atoms with E-state index in [0.29, 0.717) is 17.3 Å². The van der Waals surface area contributed by atoms with Gasteiger partial charge in [-0.1, -0.05) is 69.7 Å². The van der Waals surface area contributed by atoms with Crippen molar-refractivity contribution in [3.8, 4) is 0 Å². The van der Waals surface area contributed by atoms with Gasteiger partial charge in [0.15, 0.2) is 37.0 Å².